The highest BCUT2D eigenvalue weighted by molar-refractivity contribution is 8.18. The Hall–Kier alpha value is -1.50. The smallest absolute Gasteiger partial charge is 0.293 e. The van der Waals surface area contributed by atoms with Crippen LogP contribution in [0.15, 0.2) is 23.1 Å². The summed E-state index contributed by atoms with van der Waals surface area (Å²) in [5.74, 6) is -0.303. The van der Waals surface area contributed by atoms with Crippen molar-refractivity contribution in [2.45, 2.75) is 19.3 Å². The quantitative estimate of drug-likeness (QED) is 0.762. The van der Waals surface area contributed by atoms with Crippen LogP contribution < -0.4 is 5.32 Å². The van der Waals surface area contributed by atoms with E-state index in [0.717, 1.165) is 35.9 Å². The maximum absolute atomic E-state index is 12.4. The van der Waals surface area contributed by atoms with Gasteiger partial charge in [0.05, 0.1) is 15.0 Å². The molecule has 132 valence electrons. The van der Waals surface area contributed by atoms with E-state index < -0.39 is 0 Å². The highest BCUT2D eigenvalue weighted by Crippen LogP contribution is 2.34. The molecule has 3 amide bonds. The van der Waals surface area contributed by atoms with Crippen LogP contribution in [0.5, 0.6) is 0 Å². The van der Waals surface area contributed by atoms with E-state index in [-0.39, 0.29) is 36.1 Å². The minimum atomic E-state index is -0.385. The van der Waals surface area contributed by atoms with Crippen LogP contribution in [0.3, 0.4) is 0 Å². The van der Waals surface area contributed by atoms with E-state index in [1.165, 1.54) is 0 Å². The molecule has 0 unspecified atom stereocenters. The fourth-order valence-electron chi connectivity index (χ4n) is 2.57. The van der Waals surface area contributed by atoms with Gasteiger partial charge >= 0.3 is 0 Å². The van der Waals surface area contributed by atoms with Gasteiger partial charge in [-0.15, -0.1) is 0 Å². The summed E-state index contributed by atoms with van der Waals surface area (Å²) in [7, 11) is 0. The van der Waals surface area contributed by atoms with Gasteiger partial charge in [0.25, 0.3) is 11.1 Å². The molecule has 2 fully saturated rings. The first-order valence-electron chi connectivity index (χ1n) is 7.94. The van der Waals surface area contributed by atoms with Crippen molar-refractivity contribution in [1.82, 2.24) is 10.2 Å². The van der Waals surface area contributed by atoms with Gasteiger partial charge in [0.1, 0.15) is 0 Å². The third kappa shape index (κ3) is 4.02. The minimum Gasteiger partial charge on any atom is -0.354 e. The number of thioether (sulfide) groups is 1. The first-order valence-corrected chi connectivity index (χ1v) is 9.51. The summed E-state index contributed by atoms with van der Waals surface area (Å²) in [6.07, 6.45) is 4.47. The van der Waals surface area contributed by atoms with E-state index in [2.05, 4.69) is 5.32 Å². The van der Waals surface area contributed by atoms with Gasteiger partial charge in [-0.1, -0.05) is 41.8 Å². The summed E-state index contributed by atoms with van der Waals surface area (Å²) in [6.45, 7) is 0.419. The molecule has 1 N–H and O–H groups in total. The molecule has 0 spiro atoms. The van der Waals surface area contributed by atoms with Crippen molar-refractivity contribution in [3.63, 3.8) is 0 Å². The highest BCUT2D eigenvalue weighted by atomic mass is 35.5. The van der Waals surface area contributed by atoms with Gasteiger partial charge in [-0.2, -0.15) is 0 Å². The number of amides is 3. The number of carbonyl (C=O) groups is 3. The molecule has 1 aromatic carbocycles. The van der Waals surface area contributed by atoms with E-state index in [1.54, 1.807) is 24.3 Å². The van der Waals surface area contributed by atoms with Crippen molar-refractivity contribution in [3.8, 4) is 0 Å². The number of halogens is 2. The fraction of sp³-hybridized carbons (Fsp3) is 0.353. The predicted molar refractivity (Wildman–Crippen MR) is 99.5 cm³/mol. The van der Waals surface area contributed by atoms with Gasteiger partial charge in [-0.25, -0.2) is 0 Å². The van der Waals surface area contributed by atoms with E-state index in [4.69, 9.17) is 23.2 Å². The Balaban J connectivity index is 1.62. The minimum absolute atomic E-state index is 0.000488. The second-order valence-corrected chi connectivity index (χ2v) is 7.67. The molecule has 1 aliphatic heterocycles. The Labute approximate surface area is 159 Å². The Kier molecular flexibility index (Phi) is 5.71. The fourth-order valence-corrected chi connectivity index (χ4v) is 3.79. The van der Waals surface area contributed by atoms with E-state index in [1.807, 2.05) is 0 Å². The van der Waals surface area contributed by atoms with Crippen LogP contribution in [0.25, 0.3) is 6.08 Å². The molecule has 25 heavy (non-hydrogen) atoms. The van der Waals surface area contributed by atoms with Crippen molar-refractivity contribution in [3.05, 3.63) is 38.7 Å². The van der Waals surface area contributed by atoms with Crippen molar-refractivity contribution < 1.29 is 14.4 Å². The van der Waals surface area contributed by atoms with Gasteiger partial charge in [0.2, 0.25) is 5.91 Å². The van der Waals surface area contributed by atoms with Gasteiger partial charge in [-0.05, 0) is 42.3 Å². The molecule has 1 aliphatic carbocycles. The standard InChI is InChI=1S/C17H16Cl2N2O3S/c18-12-6-2-5-11(14(12)19)9-13-16(23)21(17(24)25-13)8-7-20-15(22)10-3-1-4-10/h2,5-6,9-10H,1,3-4,7-8H2,(H,20,22)/b13-9-. The number of rotatable bonds is 5. The number of nitrogens with zero attached hydrogens (tertiary/aromatic N) is 1. The molecule has 2 aliphatic rings. The van der Waals surface area contributed by atoms with E-state index >= 15 is 0 Å². The van der Waals surface area contributed by atoms with Crippen LogP contribution in [0.2, 0.25) is 10.0 Å². The number of carbonyl (C=O) groups excluding carboxylic acids is 3. The first-order chi connectivity index (χ1) is 12.0. The second kappa shape index (κ2) is 7.81. The number of hydrogen-bond acceptors (Lipinski definition) is 4. The molecule has 1 saturated carbocycles. The summed E-state index contributed by atoms with van der Waals surface area (Å²) in [6, 6.07) is 5.10. The molecule has 8 heteroatoms. The summed E-state index contributed by atoms with van der Waals surface area (Å²) in [4.78, 5) is 37.7. The topological polar surface area (TPSA) is 66.5 Å². The maximum Gasteiger partial charge on any atom is 0.293 e. The Bertz CT molecular complexity index is 762. The van der Waals surface area contributed by atoms with E-state index in [0.29, 0.717) is 20.5 Å². The SMILES string of the molecule is O=C(NCCN1C(=O)S/C(=C\c2cccc(Cl)c2Cl)C1=O)C1CCC1. The molecule has 0 aromatic heterocycles. The molecule has 1 saturated heterocycles. The summed E-state index contributed by atoms with van der Waals surface area (Å²) in [5, 5.41) is 3.15. The van der Waals surface area contributed by atoms with E-state index in [9.17, 15) is 14.4 Å². The zero-order chi connectivity index (χ0) is 18.0. The lowest BCUT2D eigenvalue weighted by Gasteiger charge is -2.24. The van der Waals surface area contributed by atoms with Gasteiger partial charge in [0.15, 0.2) is 0 Å². The number of nitrogens with one attached hydrogen (secondary N) is 1. The average Bonchev–Trinajstić information content (AvgIpc) is 2.77. The lowest BCUT2D eigenvalue weighted by Crippen LogP contribution is -2.40. The van der Waals surface area contributed by atoms with Gasteiger partial charge in [-0.3, -0.25) is 19.3 Å². The molecule has 0 atom stereocenters. The molecule has 3 rings (SSSR count). The largest absolute Gasteiger partial charge is 0.354 e. The molecule has 1 heterocycles. The first kappa shape index (κ1) is 18.3. The molecular formula is C17H16Cl2N2O3S. The molecule has 0 bridgehead atoms. The predicted octanol–water partition coefficient (Wildman–Crippen LogP) is 3.95. The Morgan fingerprint density at radius 1 is 1.32 bits per heavy atom. The number of imide groups is 1. The zero-order valence-corrected chi connectivity index (χ0v) is 15.6. The normalized spacial score (nSPS) is 19.4. The van der Waals surface area contributed by atoms with Crippen LogP contribution in [0.4, 0.5) is 4.79 Å². The van der Waals surface area contributed by atoms with Crippen molar-refractivity contribution >= 4 is 58.1 Å². The Morgan fingerprint density at radius 3 is 2.76 bits per heavy atom. The van der Waals surface area contributed by atoms with Crippen LogP contribution >= 0.6 is 35.0 Å². The third-order valence-electron chi connectivity index (χ3n) is 4.25. The molecule has 1 aromatic rings. The molecular weight excluding hydrogens is 383 g/mol. The van der Waals surface area contributed by atoms with Crippen molar-refractivity contribution in [2.24, 2.45) is 5.92 Å². The lowest BCUT2D eigenvalue weighted by molar-refractivity contribution is -0.128. The Morgan fingerprint density at radius 2 is 2.08 bits per heavy atom. The third-order valence-corrected chi connectivity index (χ3v) is 5.99. The van der Waals surface area contributed by atoms with Crippen molar-refractivity contribution in [2.75, 3.05) is 13.1 Å². The summed E-state index contributed by atoms with van der Waals surface area (Å²) >= 11 is 12.9. The summed E-state index contributed by atoms with van der Waals surface area (Å²) < 4.78 is 0. The molecule has 5 nitrogen and oxygen atoms in total. The van der Waals surface area contributed by atoms with Crippen LogP contribution in [-0.4, -0.2) is 35.0 Å². The van der Waals surface area contributed by atoms with Gasteiger partial charge in [0, 0.05) is 19.0 Å². The van der Waals surface area contributed by atoms with Crippen LogP contribution in [0.1, 0.15) is 24.8 Å². The average molecular weight is 399 g/mol. The maximum atomic E-state index is 12.4. The monoisotopic (exact) mass is 398 g/mol. The second-order valence-electron chi connectivity index (χ2n) is 5.90. The van der Waals surface area contributed by atoms with Gasteiger partial charge < -0.3 is 5.32 Å². The summed E-state index contributed by atoms with van der Waals surface area (Å²) in [5.41, 5.74) is 0.581. The number of hydrogen-bond donors (Lipinski definition) is 1. The number of benzene rings is 1. The van der Waals surface area contributed by atoms with Crippen molar-refractivity contribution in [1.29, 1.82) is 0 Å². The zero-order valence-electron chi connectivity index (χ0n) is 13.3. The lowest BCUT2D eigenvalue weighted by atomic mass is 9.85. The molecule has 0 radical (unpaired) electrons. The highest BCUT2D eigenvalue weighted by Gasteiger charge is 2.35. The van der Waals surface area contributed by atoms with Crippen LogP contribution in [0, 0.1) is 5.92 Å². The van der Waals surface area contributed by atoms with Crippen LogP contribution in [-0.2, 0) is 9.59 Å².